The van der Waals surface area contributed by atoms with Crippen LogP contribution in [0.25, 0.3) is 28.5 Å². The van der Waals surface area contributed by atoms with Gasteiger partial charge in [0.2, 0.25) is 0 Å². The second-order valence-electron chi connectivity index (χ2n) is 8.94. The molecule has 0 spiro atoms. The number of hydrogen-bond acceptors (Lipinski definition) is 6. The van der Waals surface area contributed by atoms with Gasteiger partial charge in [0.15, 0.2) is 5.82 Å². The zero-order valence-electron chi connectivity index (χ0n) is 19.5. The van der Waals surface area contributed by atoms with Crippen molar-refractivity contribution < 1.29 is 9.53 Å². The first kappa shape index (κ1) is 20.6. The van der Waals surface area contributed by atoms with Crippen molar-refractivity contribution in [1.29, 1.82) is 0 Å². The molecule has 2 aromatic carbocycles. The molecule has 10 nitrogen and oxygen atoms in total. The molecule has 2 aliphatic rings. The Hall–Kier alpha value is -4.73. The summed E-state index contributed by atoms with van der Waals surface area (Å²) in [6, 6.07) is 17.7. The van der Waals surface area contributed by atoms with Gasteiger partial charge in [0.1, 0.15) is 35.8 Å². The molecule has 10 heteroatoms. The Bertz CT molecular complexity index is 1610. The topological polar surface area (TPSA) is 107 Å². The molecule has 5 heterocycles. The lowest BCUT2D eigenvalue weighted by Gasteiger charge is -2.28. The minimum Gasteiger partial charge on any atom is -0.488 e. The van der Waals surface area contributed by atoms with Crippen LogP contribution in [0.5, 0.6) is 5.75 Å². The maximum Gasteiger partial charge on any atom is 0.272 e. The first-order valence-corrected chi connectivity index (χ1v) is 11.8. The second-order valence-corrected chi connectivity index (χ2v) is 8.94. The van der Waals surface area contributed by atoms with Crippen LogP contribution in [0.2, 0.25) is 0 Å². The number of H-pyrrole nitrogens is 1. The highest BCUT2D eigenvalue weighted by atomic mass is 16.5. The van der Waals surface area contributed by atoms with E-state index in [-0.39, 0.29) is 5.91 Å². The fourth-order valence-corrected chi connectivity index (χ4v) is 5.12. The first-order chi connectivity index (χ1) is 17.7. The molecule has 0 unspecified atom stereocenters. The molecule has 0 bridgehead atoms. The van der Waals surface area contributed by atoms with E-state index in [1.54, 1.807) is 6.33 Å². The van der Waals surface area contributed by atoms with Gasteiger partial charge >= 0.3 is 0 Å². The molecule has 36 heavy (non-hydrogen) atoms. The SMILES string of the molecule is Cn1nc(-c2nncn2-c2ccccc2)c2c1CCN(C(=O)c1[nH]nc3c1COc1ccccc1-3)C2. The van der Waals surface area contributed by atoms with Crippen LogP contribution in [-0.4, -0.2) is 52.1 Å². The maximum absolute atomic E-state index is 13.7. The van der Waals surface area contributed by atoms with Crippen LogP contribution < -0.4 is 4.74 Å². The number of benzene rings is 2. The van der Waals surface area contributed by atoms with Gasteiger partial charge in [0.05, 0.1) is 6.54 Å². The molecule has 5 aromatic rings. The quantitative estimate of drug-likeness (QED) is 0.427. The predicted molar refractivity (Wildman–Crippen MR) is 130 cm³/mol. The summed E-state index contributed by atoms with van der Waals surface area (Å²) < 4.78 is 9.72. The largest absolute Gasteiger partial charge is 0.488 e. The average molecular weight is 479 g/mol. The molecule has 0 saturated carbocycles. The van der Waals surface area contributed by atoms with Gasteiger partial charge < -0.3 is 9.64 Å². The Balaban J connectivity index is 1.23. The number of hydrogen-bond donors (Lipinski definition) is 1. The summed E-state index contributed by atoms with van der Waals surface area (Å²) in [5.41, 5.74) is 6.69. The van der Waals surface area contributed by atoms with Crippen LogP contribution in [0.3, 0.4) is 0 Å². The highest BCUT2D eigenvalue weighted by Gasteiger charge is 2.33. The number of fused-ring (bicyclic) bond motifs is 4. The van der Waals surface area contributed by atoms with E-state index in [2.05, 4.69) is 20.4 Å². The number of carbonyl (C=O) groups excluding carboxylic acids is 1. The summed E-state index contributed by atoms with van der Waals surface area (Å²) in [4.78, 5) is 15.5. The molecule has 1 N–H and O–H groups in total. The lowest BCUT2D eigenvalue weighted by atomic mass is 10.0. The highest BCUT2D eigenvalue weighted by Crippen LogP contribution is 2.38. The lowest BCUT2D eigenvalue weighted by Crippen LogP contribution is -2.37. The van der Waals surface area contributed by atoms with Crippen molar-refractivity contribution in [3.8, 4) is 34.2 Å². The van der Waals surface area contributed by atoms with E-state index in [0.717, 1.165) is 45.2 Å². The van der Waals surface area contributed by atoms with Gasteiger partial charge in [-0.25, -0.2) is 0 Å². The fraction of sp³-hybridized carbons (Fsp3) is 0.192. The van der Waals surface area contributed by atoms with Crippen LogP contribution in [-0.2, 0) is 26.6 Å². The number of para-hydroxylation sites is 2. The van der Waals surface area contributed by atoms with Crippen LogP contribution in [0.15, 0.2) is 60.9 Å². The van der Waals surface area contributed by atoms with E-state index in [0.29, 0.717) is 37.6 Å². The third kappa shape index (κ3) is 3.07. The molecule has 0 atom stereocenters. The van der Waals surface area contributed by atoms with Crippen LogP contribution in [0.4, 0.5) is 0 Å². The smallest absolute Gasteiger partial charge is 0.272 e. The fourth-order valence-electron chi connectivity index (χ4n) is 5.12. The van der Waals surface area contributed by atoms with Gasteiger partial charge in [-0.1, -0.05) is 30.3 Å². The molecular weight excluding hydrogens is 456 g/mol. The van der Waals surface area contributed by atoms with E-state index in [1.807, 2.05) is 75.8 Å². The predicted octanol–water partition coefficient (Wildman–Crippen LogP) is 3.15. The summed E-state index contributed by atoms with van der Waals surface area (Å²) in [6.45, 7) is 1.31. The minimum atomic E-state index is -0.100. The number of nitrogens with zero attached hydrogens (tertiary/aromatic N) is 7. The van der Waals surface area contributed by atoms with Crippen LogP contribution >= 0.6 is 0 Å². The minimum absolute atomic E-state index is 0.100. The summed E-state index contributed by atoms with van der Waals surface area (Å²) in [5.74, 6) is 1.33. The van der Waals surface area contributed by atoms with Crippen molar-refractivity contribution in [3.63, 3.8) is 0 Å². The molecule has 178 valence electrons. The number of aromatic amines is 1. The molecular formula is C26H22N8O2. The first-order valence-electron chi connectivity index (χ1n) is 11.8. The third-order valence-corrected chi connectivity index (χ3v) is 6.92. The molecule has 2 aliphatic heterocycles. The van der Waals surface area contributed by atoms with Crippen molar-refractivity contribution in [3.05, 3.63) is 83.4 Å². The lowest BCUT2D eigenvalue weighted by molar-refractivity contribution is 0.0725. The summed E-state index contributed by atoms with van der Waals surface area (Å²) in [5, 5.41) is 20.8. The molecule has 7 rings (SSSR count). The van der Waals surface area contributed by atoms with E-state index in [4.69, 9.17) is 9.84 Å². The maximum atomic E-state index is 13.7. The Kier molecular flexibility index (Phi) is 4.53. The van der Waals surface area contributed by atoms with Crippen molar-refractivity contribution in [2.75, 3.05) is 6.54 Å². The summed E-state index contributed by atoms with van der Waals surface area (Å²) >= 11 is 0. The summed E-state index contributed by atoms with van der Waals surface area (Å²) in [6.07, 6.45) is 2.38. The van der Waals surface area contributed by atoms with Crippen LogP contribution in [0, 0.1) is 0 Å². The third-order valence-electron chi connectivity index (χ3n) is 6.92. The van der Waals surface area contributed by atoms with Gasteiger partial charge in [-0.15, -0.1) is 10.2 Å². The monoisotopic (exact) mass is 478 g/mol. The molecule has 0 radical (unpaired) electrons. The number of aromatic nitrogens is 7. The second kappa shape index (κ2) is 7.91. The standard InChI is InChI=1S/C26H22N8O2/c1-32-20-11-12-33(26(35)24-19-14-36-21-10-6-5-9-17(21)22(19)28-29-24)13-18(20)23(31-32)25-30-27-15-34(25)16-7-3-2-4-8-16/h2-10,15H,11-14H2,1H3,(H,28,29). The van der Waals surface area contributed by atoms with Gasteiger partial charge in [0.25, 0.3) is 5.91 Å². The van der Waals surface area contributed by atoms with Crippen LogP contribution in [0.1, 0.15) is 27.3 Å². The van der Waals surface area contributed by atoms with Gasteiger partial charge in [-0.2, -0.15) is 10.2 Å². The number of aryl methyl sites for hydroxylation is 1. The van der Waals surface area contributed by atoms with Gasteiger partial charge in [-0.05, 0) is 24.3 Å². The number of nitrogens with one attached hydrogen (secondary N) is 1. The Labute approximate surface area is 206 Å². The summed E-state index contributed by atoms with van der Waals surface area (Å²) in [7, 11) is 1.93. The van der Waals surface area contributed by atoms with Gasteiger partial charge in [-0.3, -0.25) is 19.1 Å². The van der Waals surface area contributed by atoms with Crippen molar-refractivity contribution in [2.24, 2.45) is 7.05 Å². The number of ether oxygens (including phenoxy) is 1. The molecule has 1 amide bonds. The molecule has 0 fully saturated rings. The van der Waals surface area contributed by atoms with Crippen molar-refractivity contribution in [1.82, 2.24) is 39.6 Å². The van der Waals surface area contributed by atoms with E-state index in [1.165, 1.54) is 0 Å². The zero-order valence-corrected chi connectivity index (χ0v) is 19.5. The Morgan fingerprint density at radius 3 is 2.75 bits per heavy atom. The molecule has 3 aromatic heterocycles. The zero-order chi connectivity index (χ0) is 24.2. The van der Waals surface area contributed by atoms with Crippen molar-refractivity contribution >= 4 is 5.91 Å². The van der Waals surface area contributed by atoms with E-state index < -0.39 is 0 Å². The van der Waals surface area contributed by atoms with Gasteiger partial charge in [0, 0.05) is 48.1 Å². The Morgan fingerprint density at radius 2 is 1.86 bits per heavy atom. The number of rotatable bonds is 3. The average Bonchev–Trinajstić information content (AvgIpc) is 3.66. The van der Waals surface area contributed by atoms with Crippen molar-refractivity contribution in [2.45, 2.75) is 19.6 Å². The van der Waals surface area contributed by atoms with E-state index >= 15 is 0 Å². The number of carbonyl (C=O) groups is 1. The molecule has 0 aliphatic carbocycles. The van der Waals surface area contributed by atoms with E-state index in [9.17, 15) is 4.79 Å². The number of amides is 1. The Morgan fingerprint density at radius 1 is 1.03 bits per heavy atom. The highest BCUT2D eigenvalue weighted by molar-refractivity contribution is 5.96. The normalized spacial score (nSPS) is 14.1. The molecule has 0 saturated heterocycles.